The van der Waals surface area contributed by atoms with Gasteiger partial charge in [-0.05, 0) is 36.6 Å². The van der Waals surface area contributed by atoms with E-state index in [1.165, 1.54) is 16.8 Å². The molecule has 0 saturated heterocycles. The van der Waals surface area contributed by atoms with Crippen molar-refractivity contribution in [3.8, 4) is 6.07 Å². The third kappa shape index (κ3) is 3.39. The minimum Gasteiger partial charge on any atom is -0.378 e. The molecule has 2 rings (SSSR count). The molecule has 2 heteroatoms. The lowest BCUT2D eigenvalue weighted by molar-refractivity contribution is 0.848. The van der Waals surface area contributed by atoms with E-state index < -0.39 is 0 Å². The summed E-state index contributed by atoms with van der Waals surface area (Å²) in [4.78, 5) is 2.07. The van der Waals surface area contributed by atoms with Gasteiger partial charge in [0.1, 0.15) is 0 Å². The van der Waals surface area contributed by atoms with E-state index >= 15 is 0 Å². The van der Waals surface area contributed by atoms with Gasteiger partial charge in [0.2, 0.25) is 0 Å². The lowest BCUT2D eigenvalue weighted by atomic mass is 9.92. The van der Waals surface area contributed by atoms with Gasteiger partial charge in [0.25, 0.3) is 0 Å². The Kier molecular flexibility index (Phi) is 4.42. The van der Waals surface area contributed by atoms with Crippen LogP contribution in [0.4, 0.5) is 5.69 Å². The Labute approximate surface area is 121 Å². The number of hydrogen-bond acceptors (Lipinski definition) is 2. The molecule has 0 aliphatic heterocycles. The van der Waals surface area contributed by atoms with Crippen LogP contribution in [-0.4, -0.2) is 14.1 Å². The first-order valence-electron chi connectivity index (χ1n) is 6.82. The van der Waals surface area contributed by atoms with E-state index in [4.69, 9.17) is 0 Å². The van der Waals surface area contributed by atoms with Crippen LogP contribution in [0.1, 0.15) is 22.6 Å². The molecule has 20 heavy (non-hydrogen) atoms. The highest BCUT2D eigenvalue weighted by molar-refractivity contribution is 5.46. The zero-order valence-corrected chi connectivity index (χ0v) is 12.3. The van der Waals surface area contributed by atoms with Crippen molar-refractivity contribution in [2.75, 3.05) is 19.0 Å². The zero-order valence-electron chi connectivity index (χ0n) is 12.3. The Morgan fingerprint density at radius 2 is 1.60 bits per heavy atom. The number of rotatable bonds is 4. The van der Waals surface area contributed by atoms with Gasteiger partial charge in [-0.3, -0.25) is 0 Å². The van der Waals surface area contributed by atoms with Gasteiger partial charge in [-0.25, -0.2) is 0 Å². The van der Waals surface area contributed by atoms with Crippen LogP contribution in [0.25, 0.3) is 0 Å². The summed E-state index contributed by atoms with van der Waals surface area (Å²) in [6.45, 7) is 2.06. The second-order valence-corrected chi connectivity index (χ2v) is 5.36. The van der Waals surface area contributed by atoms with E-state index in [2.05, 4.69) is 66.4 Å². The normalized spacial score (nSPS) is 11.7. The fourth-order valence-electron chi connectivity index (χ4n) is 2.20. The molecule has 0 saturated carbocycles. The van der Waals surface area contributed by atoms with Crippen molar-refractivity contribution in [3.05, 3.63) is 65.2 Å². The molecule has 0 heterocycles. The van der Waals surface area contributed by atoms with Crippen LogP contribution < -0.4 is 4.90 Å². The van der Waals surface area contributed by atoms with E-state index in [0.717, 1.165) is 12.0 Å². The van der Waals surface area contributed by atoms with E-state index in [-0.39, 0.29) is 5.92 Å². The summed E-state index contributed by atoms with van der Waals surface area (Å²) < 4.78 is 0. The van der Waals surface area contributed by atoms with Crippen LogP contribution in [0.15, 0.2) is 48.5 Å². The van der Waals surface area contributed by atoms with Crippen molar-refractivity contribution >= 4 is 5.69 Å². The van der Waals surface area contributed by atoms with Gasteiger partial charge >= 0.3 is 0 Å². The van der Waals surface area contributed by atoms with Crippen molar-refractivity contribution in [1.82, 2.24) is 0 Å². The molecule has 1 atom stereocenters. The molecular formula is C18H20N2. The van der Waals surface area contributed by atoms with Crippen LogP contribution in [0.5, 0.6) is 0 Å². The van der Waals surface area contributed by atoms with Crippen LogP contribution in [0, 0.1) is 18.3 Å². The van der Waals surface area contributed by atoms with Crippen molar-refractivity contribution in [2.45, 2.75) is 19.3 Å². The van der Waals surface area contributed by atoms with Crippen LogP contribution >= 0.6 is 0 Å². The van der Waals surface area contributed by atoms with Crippen LogP contribution in [-0.2, 0) is 6.42 Å². The molecule has 0 aliphatic rings. The van der Waals surface area contributed by atoms with E-state index in [1.807, 2.05) is 14.1 Å². The smallest absolute Gasteiger partial charge is 0.0753 e. The van der Waals surface area contributed by atoms with Gasteiger partial charge in [0.05, 0.1) is 12.0 Å². The molecule has 0 aromatic heterocycles. The molecule has 2 aromatic carbocycles. The third-order valence-electron chi connectivity index (χ3n) is 3.53. The number of nitriles is 1. The minimum atomic E-state index is -0.0826. The average molecular weight is 264 g/mol. The first kappa shape index (κ1) is 14.1. The van der Waals surface area contributed by atoms with Gasteiger partial charge in [0.15, 0.2) is 0 Å². The Morgan fingerprint density at radius 1 is 1.00 bits per heavy atom. The summed E-state index contributed by atoms with van der Waals surface area (Å²) in [7, 11) is 4.05. The molecule has 1 unspecified atom stereocenters. The predicted molar refractivity (Wildman–Crippen MR) is 84.0 cm³/mol. The molecule has 0 fully saturated rings. The Morgan fingerprint density at radius 3 is 2.10 bits per heavy atom. The summed E-state index contributed by atoms with van der Waals surface area (Å²) in [5, 5.41) is 9.39. The lowest BCUT2D eigenvalue weighted by Gasteiger charge is -2.14. The fourth-order valence-corrected chi connectivity index (χ4v) is 2.20. The van der Waals surface area contributed by atoms with Gasteiger partial charge in [-0.1, -0.05) is 42.0 Å². The van der Waals surface area contributed by atoms with E-state index in [1.54, 1.807) is 0 Å². The topological polar surface area (TPSA) is 27.0 Å². The highest BCUT2D eigenvalue weighted by Crippen LogP contribution is 2.22. The SMILES string of the molecule is Cc1ccc(C(C#N)Cc2ccc(N(C)C)cc2)cc1. The fraction of sp³-hybridized carbons (Fsp3) is 0.278. The Balaban J connectivity index is 2.14. The first-order chi connectivity index (χ1) is 9.60. The van der Waals surface area contributed by atoms with Crippen molar-refractivity contribution in [3.63, 3.8) is 0 Å². The number of hydrogen-bond donors (Lipinski definition) is 0. The summed E-state index contributed by atoms with van der Waals surface area (Å²) in [6.07, 6.45) is 0.757. The average Bonchev–Trinajstić information content (AvgIpc) is 2.46. The van der Waals surface area contributed by atoms with Gasteiger partial charge < -0.3 is 4.90 Å². The number of benzene rings is 2. The standard InChI is InChI=1S/C18H20N2/c1-14-4-8-16(9-5-14)17(13-19)12-15-6-10-18(11-7-15)20(2)3/h4-11,17H,12H2,1-3H3. The van der Waals surface area contributed by atoms with E-state index in [9.17, 15) is 5.26 Å². The number of anilines is 1. The second kappa shape index (κ2) is 6.25. The quantitative estimate of drug-likeness (QED) is 0.837. The highest BCUT2D eigenvalue weighted by Gasteiger charge is 2.11. The molecule has 2 nitrogen and oxygen atoms in total. The monoisotopic (exact) mass is 264 g/mol. The lowest BCUT2D eigenvalue weighted by Crippen LogP contribution is -2.08. The maximum Gasteiger partial charge on any atom is 0.0753 e. The molecule has 0 bridgehead atoms. The predicted octanol–water partition coefficient (Wildman–Crippen LogP) is 3.91. The van der Waals surface area contributed by atoms with Crippen molar-refractivity contribution < 1.29 is 0 Å². The summed E-state index contributed by atoms with van der Waals surface area (Å²) in [5.41, 5.74) is 4.69. The summed E-state index contributed by atoms with van der Waals surface area (Å²) >= 11 is 0. The minimum absolute atomic E-state index is 0.0826. The zero-order chi connectivity index (χ0) is 14.5. The summed E-state index contributed by atoms with van der Waals surface area (Å²) in [6, 6.07) is 19.1. The maximum absolute atomic E-state index is 9.39. The molecule has 102 valence electrons. The van der Waals surface area contributed by atoms with Crippen molar-refractivity contribution in [2.24, 2.45) is 0 Å². The number of nitrogens with zero attached hydrogens (tertiary/aromatic N) is 2. The maximum atomic E-state index is 9.39. The molecule has 2 aromatic rings. The molecule has 0 radical (unpaired) electrons. The second-order valence-electron chi connectivity index (χ2n) is 5.36. The van der Waals surface area contributed by atoms with Gasteiger partial charge in [0, 0.05) is 19.8 Å². The van der Waals surface area contributed by atoms with Gasteiger partial charge in [-0.15, -0.1) is 0 Å². The van der Waals surface area contributed by atoms with Crippen molar-refractivity contribution in [1.29, 1.82) is 5.26 Å². The Bertz CT molecular complexity index is 589. The molecule has 0 N–H and O–H groups in total. The first-order valence-corrected chi connectivity index (χ1v) is 6.82. The molecular weight excluding hydrogens is 244 g/mol. The van der Waals surface area contributed by atoms with Crippen LogP contribution in [0.2, 0.25) is 0 Å². The van der Waals surface area contributed by atoms with Crippen LogP contribution in [0.3, 0.4) is 0 Å². The van der Waals surface area contributed by atoms with Gasteiger partial charge in [-0.2, -0.15) is 5.26 Å². The largest absolute Gasteiger partial charge is 0.378 e. The molecule has 0 amide bonds. The highest BCUT2D eigenvalue weighted by atomic mass is 15.1. The molecule has 0 spiro atoms. The summed E-state index contributed by atoms with van der Waals surface area (Å²) in [5.74, 6) is -0.0826. The molecule has 0 aliphatic carbocycles. The number of aryl methyl sites for hydroxylation is 1. The Hall–Kier alpha value is -2.27. The third-order valence-corrected chi connectivity index (χ3v) is 3.53. The van der Waals surface area contributed by atoms with E-state index in [0.29, 0.717) is 0 Å².